The van der Waals surface area contributed by atoms with Crippen LogP contribution in [-0.2, 0) is 14.4 Å². The summed E-state index contributed by atoms with van der Waals surface area (Å²) in [5.74, 6) is -1.10. The number of carboxylic acids is 1. The van der Waals surface area contributed by atoms with Gasteiger partial charge in [0.1, 0.15) is 0 Å². The molecule has 0 aromatic carbocycles. The van der Waals surface area contributed by atoms with Crippen molar-refractivity contribution in [3.63, 3.8) is 0 Å². The highest BCUT2D eigenvalue weighted by Crippen LogP contribution is 1.98. The summed E-state index contributed by atoms with van der Waals surface area (Å²) in [7, 11) is 2.87. The highest BCUT2D eigenvalue weighted by atomic mass is 16.7. The first-order valence-electron chi connectivity index (χ1n) is 3.60. The van der Waals surface area contributed by atoms with Crippen LogP contribution in [0.1, 0.15) is 19.3 Å². The molecule has 0 aliphatic rings. The molecule has 0 fully saturated rings. The second kappa shape index (κ2) is 5.54. The fraction of sp³-hybridized carbons (Fsp3) is 0.714. The van der Waals surface area contributed by atoms with Crippen LogP contribution in [-0.4, -0.2) is 36.2 Å². The van der Waals surface area contributed by atoms with Crippen LogP contribution in [0.5, 0.6) is 0 Å². The van der Waals surface area contributed by atoms with E-state index in [1.807, 2.05) is 0 Å². The number of carbonyl (C=O) groups excluding carboxylic acids is 1. The molecule has 0 unspecified atom stereocenters. The van der Waals surface area contributed by atoms with Crippen LogP contribution in [0, 0.1) is 0 Å². The van der Waals surface area contributed by atoms with Gasteiger partial charge in [-0.15, -0.1) is 0 Å². The summed E-state index contributed by atoms with van der Waals surface area (Å²) in [6.45, 7) is 0. The summed E-state index contributed by atoms with van der Waals surface area (Å²) in [4.78, 5) is 25.6. The summed E-state index contributed by atoms with van der Waals surface area (Å²) >= 11 is 0. The van der Waals surface area contributed by atoms with Crippen LogP contribution in [0.4, 0.5) is 0 Å². The van der Waals surface area contributed by atoms with E-state index in [0.717, 1.165) is 5.06 Å². The summed E-state index contributed by atoms with van der Waals surface area (Å²) < 4.78 is 0. The molecule has 5 heteroatoms. The lowest BCUT2D eigenvalue weighted by Crippen LogP contribution is -2.25. The maximum absolute atomic E-state index is 11.0. The Bertz CT molecular complexity index is 169. The zero-order chi connectivity index (χ0) is 9.56. The summed E-state index contributed by atoms with van der Waals surface area (Å²) in [6, 6.07) is 0. The normalized spacial score (nSPS) is 9.50. The van der Waals surface area contributed by atoms with Gasteiger partial charge in [-0.2, -0.15) is 0 Å². The molecule has 0 rings (SSSR count). The highest BCUT2D eigenvalue weighted by Gasteiger charge is 2.07. The van der Waals surface area contributed by atoms with E-state index in [1.165, 1.54) is 14.2 Å². The smallest absolute Gasteiger partial charge is 0.303 e. The molecule has 0 bridgehead atoms. The van der Waals surface area contributed by atoms with Crippen molar-refractivity contribution in [1.29, 1.82) is 0 Å². The Hall–Kier alpha value is -1.10. The van der Waals surface area contributed by atoms with Crippen molar-refractivity contribution >= 4 is 11.9 Å². The van der Waals surface area contributed by atoms with Crippen molar-refractivity contribution < 1.29 is 19.5 Å². The van der Waals surface area contributed by atoms with Gasteiger partial charge in [0.2, 0.25) is 5.91 Å². The molecule has 0 saturated carbocycles. The molecule has 0 heterocycles. The van der Waals surface area contributed by atoms with Crippen LogP contribution in [0.3, 0.4) is 0 Å². The molecule has 0 atom stereocenters. The molecular formula is C7H13NO4. The number of amides is 1. The van der Waals surface area contributed by atoms with E-state index >= 15 is 0 Å². The Balaban J connectivity index is 3.50. The maximum atomic E-state index is 11.0. The van der Waals surface area contributed by atoms with Gasteiger partial charge in [-0.3, -0.25) is 14.4 Å². The van der Waals surface area contributed by atoms with Gasteiger partial charge in [-0.1, -0.05) is 0 Å². The Morgan fingerprint density at radius 2 is 2.00 bits per heavy atom. The minimum absolute atomic E-state index is 0.0172. The molecule has 70 valence electrons. The minimum Gasteiger partial charge on any atom is -0.481 e. The molecule has 0 aliphatic heterocycles. The highest BCUT2D eigenvalue weighted by molar-refractivity contribution is 5.75. The van der Waals surface area contributed by atoms with Crippen LogP contribution in [0.15, 0.2) is 0 Å². The topological polar surface area (TPSA) is 66.8 Å². The SMILES string of the molecule is CON(C)C(=O)CCCC(=O)O. The Kier molecular flexibility index (Phi) is 5.03. The third-order valence-electron chi connectivity index (χ3n) is 1.41. The predicted molar refractivity (Wildman–Crippen MR) is 41.3 cm³/mol. The minimum atomic E-state index is -0.886. The van der Waals surface area contributed by atoms with Crippen LogP contribution in [0.25, 0.3) is 0 Å². The van der Waals surface area contributed by atoms with Gasteiger partial charge in [0.25, 0.3) is 0 Å². The zero-order valence-electron chi connectivity index (χ0n) is 7.24. The molecule has 12 heavy (non-hydrogen) atoms. The van der Waals surface area contributed by atoms with E-state index in [9.17, 15) is 9.59 Å². The van der Waals surface area contributed by atoms with Crippen molar-refractivity contribution in [3.8, 4) is 0 Å². The Morgan fingerprint density at radius 1 is 1.42 bits per heavy atom. The van der Waals surface area contributed by atoms with Gasteiger partial charge in [0.15, 0.2) is 0 Å². The molecule has 0 aliphatic carbocycles. The molecule has 0 saturated heterocycles. The molecule has 0 spiro atoms. The van der Waals surface area contributed by atoms with Crippen molar-refractivity contribution in [2.75, 3.05) is 14.2 Å². The standard InChI is InChI=1S/C7H13NO4/c1-8(12-2)6(9)4-3-5-7(10)11/h3-5H2,1-2H3,(H,10,11). The third kappa shape index (κ3) is 4.68. The molecule has 5 nitrogen and oxygen atoms in total. The average molecular weight is 175 g/mol. The number of hydroxylamine groups is 2. The molecular weight excluding hydrogens is 162 g/mol. The van der Waals surface area contributed by atoms with Crippen LogP contribution >= 0.6 is 0 Å². The Morgan fingerprint density at radius 3 is 2.42 bits per heavy atom. The quantitative estimate of drug-likeness (QED) is 0.608. The third-order valence-corrected chi connectivity index (χ3v) is 1.41. The van der Waals surface area contributed by atoms with E-state index in [2.05, 4.69) is 4.84 Å². The van der Waals surface area contributed by atoms with Crippen LogP contribution in [0.2, 0.25) is 0 Å². The number of carboxylic acid groups (broad SMARTS) is 1. The first kappa shape index (κ1) is 10.9. The van der Waals surface area contributed by atoms with Gasteiger partial charge in [-0.25, -0.2) is 5.06 Å². The van der Waals surface area contributed by atoms with Crippen molar-refractivity contribution in [1.82, 2.24) is 5.06 Å². The van der Waals surface area contributed by atoms with E-state index in [0.29, 0.717) is 6.42 Å². The number of rotatable bonds is 5. The van der Waals surface area contributed by atoms with E-state index in [4.69, 9.17) is 5.11 Å². The van der Waals surface area contributed by atoms with Gasteiger partial charge in [0.05, 0.1) is 7.11 Å². The number of hydrogen-bond acceptors (Lipinski definition) is 3. The fourth-order valence-electron chi connectivity index (χ4n) is 0.650. The second-order valence-corrected chi connectivity index (χ2v) is 2.32. The summed E-state index contributed by atoms with van der Waals surface area (Å²) in [5, 5.41) is 9.35. The Labute approximate surface area is 70.9 Å². The average Bonchev–Trinajstić information content (AvgIpc) is 2.02. The first-order valence-corrected chi connectivity index (χ1v) is 3.60. The van der Waals surface area contributed by atoms with Gasteiger partial charge in [0, 0.05) is 19.9 Å². The number of hydrogen-bond donors (Lipinski definition) is 1. The summed E-state index contributed by atoms with van der Waals surface area (Å²) in [6.07, 6.45) is 0.571. The van der Waals surface area contributed by atoms with Crippen LogP contribution < -0.4 is 0 Å². The zero-order valence-corrected chi connectivity index (χ0v) is 7.24. The van der Waals surface area contributed by atoms with E-state index in [1.54, 1.807) is 0 Å². The molecule has 0 aromatic heterocycles. The number of carbonyl (C=O) groups is 2. The fourth-order valence-corrected chi connectivity index (χ4v) is 0.650. The number of nitrogens with zero attached hydrogens (tertiary/aromatic N) is 1. The maximum Gasteiger partial charge on any atom is 0.303 e. The lowest BCUT2D eigenvalue weighted by molar-refractivity contribution is -0.168. The van der Waals surface area contributed by atoms with Gasteiger partial charge in [-0.05, 0) is 6.42 Å². The van der Waals surface area contributed by atoms with Gasteiger partial charge >= 0.3 is 5.97 Å². The first-order chi connectivity index (χ1) is 5.57. The number of aliphatic carboxylic acids is 1. The predicted octanol–water partition coefficient (Wildman–Crippen LogP) is 0.261. The van der Waals surface area contributed by atoms with Gasteiger partial charge < -0.3 is 5.11 Å². The lowest BCUT2D eigenvalue weighted by Gasteiger charge is -2.12. The molecule has 0 aromatic rings. The molecule has 1 amide bonds. The van der Waals surface area contributed by atoms with E-state index in [-0.39, 0.29) is 18.7 Å². The van der Waals surface area contributed by atoms with Crippen molar-refractivity contribution in [2.45, 2.75) is 19.3 Å². The monoisotopic (exact) mass is 175 g/mol. The van der Waals surface area contributed by atoms with Crippen molar-refractivity contribution in [3.05, 3.63) is 0 Å². The summed E-state index contributed by atoms with van der Waals surface area (Å²) in [5.41, 5.74) is 0. The van der Waals surface area contributed by atoms with Crippen molar-refractivity contribution in [2.24, 2.45) is 0 Å². The van der Waals surface area contributed by atoms with E-state index < -0.39 is 5.97 Å². The second-order valence-electron chi connectivity index (χ2n) is 2.32. The lowest BCUT2D eigenvalue weighted by atomic mass is 10.2. The largest absolute Gasteiger partial charge is 0.481 e. The molecule has 0 radical (unpaired) electrons. The molecule has 1 N–H and O–H groups in total.